The summed E-state index contributed by atoms with van der Waals surface area (Å²) in [5, 5.41) is 19.5. The lowest BCUT2D eigenvalue weighted by atomic mass is 10.0. The Balaban J connectivity index is 2.95. The summed E-state index contributed by atoms with van der Waals surface area (Å²) >= 11 is 3.12. The Bertz CT molecular complexity index is 317. The van der Waals surface area contributed by atoms with Gasteiger partial charge in [-0.15, -0.1) is 0 Å². The van der Waals surface area contributed by atoms with Gasteiger partial charge in [-0.1, -0.05) is 22.0 Å². The molecule has 3 nitrogen and oxygen atoms in total. The van der Waals surface area contributed by atoms with E-state index in [4.69, 9.17) is 0 Å². The second-order valence-corrected chi connectivity index (χ2v) is 3.94. The molecule has 0 aliphatic carbocycles. The van der Waals surface area contributed by atoms with Gasteiger partial charge in [-0.25, -0.2) is 0 Å². The first kappa shape index (κ1) is 11.6. The van der Waals surface area contributed by atoms with Gasteiger partial charge >= 0.3 is 0 Å². The molecule has 0 aliphatic rings. The zero-order valence-electron chi connectivity index (χ0n) is 8.24. The van der Waals surface area contributed by atoms with Crippen LogP contribution in [0.1, 0.15) is 23.1 Å². The van der Waals surface area contributed by atoms with E-state index in [1.165, 1.54) is 0 Å². The van der Waals surface area contributed by atoms with Gasteiger partial charge in [0, 0.05) is 22.3 Å². The van der Waals surface area contributed by atoms with Crippen LogP contribution in [0.2, 0.25) is 0 Å². The van der Waals surface area contributed by atoms with E-state index in [0.29, 0.717) is 10.9 Å². The molecule has 0 bridgehead atoms. The number of aromatic nitrogens is 1. The molecule has 0 aliphatic heterocycles. The van der Waals surface area contributed by atoms with Crippen LogP contribution in [-0.2, 0) is 0 Å². The molecule has 1 heterocycles. The number of alkyl halides is 1. The van der Waals surface area contributed by atoms with Crippen molar-refractivity contribution >= 4 is 15.9 Å². The van der Waals surface area contributed by atoms with Gasteiger partial charge in [0.05, 0.1) is 6.10 Å². The Labute approximate surface area is 91.9 Å². The molecule has 0 saturated heterocycles. The smallest absolute Gasteiger partial charge is 0.107 e. The van der Waals surface area contributed by atoms with E-state index in [1.54, 1.807) is 6.07 Å². The number of hydrogen-bond acceptors (Lipinski definition) is 3. The van der Waals surface area contributed by atoms with Crippen molar-refractivity contribution < 1.29 is 10.2 Å². The SMILES string of the molecule is Cc1ccc(C(O)C(O)CBr)c(C)n1. The molecule has 1 rings (SSSR count). The topological polar surface area (TPSA) is 53.4 Å². The normalized spacial score (nSPS) is 15.2. The lowest BCUT2D eigenvalue weighted by molar-refractivity contribution is 0.0336. The number of rotatable bonds is 3. The standard InChI is InChI=1S/C10H14BrNO2/c1-6-3-4-8(7(2)12-6)10(14)9(13)5-11/h3-4,9-10,13-14H,5H2,1-2H3. The molecule has 2 unspecified atom stereocenters. The first-order valence-corrected chi connectivity index (χ1v) is 5.54. The van der Waals surface area contributed by atoms with Gasteiger partial charge in [0.2, 0.25) is 0 Å². The third-order valence-electron chi connectivity index (χ3n) is 2.11. The summed E-state index contributed by atoms with van der Waals surface area (Å²) in [7, 11) is 0. The van der Waals surface area contributed by atoms with Crippen LogP contribution in [0.25, 0.3) is 0 Å². The van der Waals surface area contributed by atoms with E-state index < -0.39 is 12.2 Å². The summed E-state index contributed by atoms with van der Waals surface area (Å²) in [5.74, 6) is 0. The van der Waals surface area contributed by atoms with Gasteiger partial charge < -0.3 is 10.2 Å². The molecular formula is C10H14BrNO2. The van der Waals surface area contributed by atoms with Crippen LogP contribution in [0.3, 0.4) is 0 Å². The van der Waals surface area contributed by atoms with E-state index >= 15 is 0 Å². The molecule has 78 valence electrons. The number of nitrogens with zero attached hydrogens (tertiary/aromatic N) is 1. The van der Waals surface area contributed by atoms with Gasteiger partial charge in [-0.3, -0.25) is 4.98 Å². The summed E-state index contributed by atoms with van der Waals surface area (Å²) in [5.41, 5.74) is 2.35. The molecule has 0 spiro atoms. The van der Waals surface area contributed by atoms with Crippen LogP contribution >= 0.6 is 15.9 Å². The lowest BCUT2D eigenvalue weighted by Gasteiger charge is -2.17. The molecule has 2 atom stereocenters. The third-order valence-corrected chi connectivity index (χ3v) is 2.77. The Morgan fingerprint density at radius 2 is 2.00 bits per heavy atom. The maximum Gasteiger partial charge on any atom is 0.107 e. The molecule has 0 amide bonds. The number of aliphatic hydroxyl groups excluding tert-OH is 2. The van der Waals surface area contributed by atoms with Crippen molar-refractivity contribution in [3.05, 3.63) is 29.1 Å². The largest absolute Gasteiger partial charge is 0.389 e. The summed E-state index contributed by atoms with van der Waals surface area (Å²) < 4.78 is 0. The van der Waals surface area contributed by atoms with Crippen molar-refractivity contribution in [2.75, 3.05) is 5.33 Å². The van der Waals surface area contributed by atoms with Crippen LogP contribution in [0.15, 0.2) is 12.1 Å². The highest BCUT2D eigenvalue weighted by atomic mass is 79.9. The zero-order chi connectivity index (χ0) is 10.7. The summed E-state index contributed by atoms with van der Waals surface area (Å²) in [4.78, 5) is 4.22. The summed E-state index contributed by atoms with van der Waals surface area (Å²) in [6, 6.07) is 3.63. The van der Waals surface area contributed by atoms with Crippen LogP contribution < -0.4 is 0 Å². The van der Waals surface area contributed by atoms with Crippen molar-refractivity contribution in [2.45, 2.75) is 26.1 Å². The number of hydrogen-bond donors (Lipinski definition) is 2. The second kappa shape index (κ2) is 4.87. The fourth-order valence-electron chi connectivity index (χ4n) is 1.30. The van der Waals surface area contributed by atoms with Crippen molar-refractivity contribution in [2.24, 2.45) is 0 Å². The van der Waals surface area contributed by atoms with Crippen LogP contribution in [0, 0.1) is 13.8 Å². The Hall–Kier alpha value is -0.450. The predicted molar refractivity (Wildman–Crippen MR) is 58.5 cm³/mol. The highest BCUT2D eigenvalue weighted by Crippen LogP contribution is 2.20. The maximum absolute atomic E-state index is 9.74. The zero-order valence-corrected chi connectivity index (χ0v) is 9.82. The maximum atomic E-state index is 9.74. The van der Waals surface area contributed by atoms with E-state index in [1.807, 2.05) is 19.9 Å². The first-order chi connectivity index (χ1) is 6.56. The highest BCUT2D eigenvalue weighted by Gasteiger charge is 2.19. The Morgan fingerprint density at radius 3 is 2.50 bits per heavy atom. The molecule has 0 radical (unpaired) electrons. The number of aliphatic hydroxyl groups is 2. The lowest BCUT2D eigenvalue weighted by Crippen LogP contribution is -2.20. The van der Waals surface area contributed by atoms with Crippen LogP contribution in [-0.4, -0.2) is 26.6 Å². The van der Waals surface area contributed by atoms with Crippen molar-refractivity contribution in [1.82, 2.24) is 4.98 Å². The Kier molecular flexibility index (Phi) is 4.04. The molecule has 4 heteroatoms. The van der Waals surface area contributed by atoms with Crippen molar-refractivity contribution in [1.29, 1.82) is 0 Å². The van der Waals surface area contributed by atoms with E-state index in [2.05, 4.69) is 20.9 Å². The molecule has 1 aromatic rings. The van der Waals surface area contributed by atoms with Gasteiger partial charge in [-0.05, 0) is 19.9 Å². The van der Waals surface area contributed by atoms with Crippen molar-refractivity contribution in [3.8, 4) is 0 Å². The average Bonchev–Trinajstić information content (AvgIpc) is 2.15. The number of aryl methyl sites for hydroxylation is 2. The molecule has 0 saturated carbocycles. The average molecular weight is 260 g/mol. The third kappa shape index (κ3) is 2.53. The highest BCUT2D eigenvalue weighted by molar-refractivity contribution is 9.09. The van der Waals surface area contributed by atoms with Crippen LogP contribution in [0.5, 0.6) is 0 Å². The number of halogens is 1. The molecular weight excluding hydrogens is 246 g/mol. The fraction of sp³-hybridized carbons (Fsp3) is 0.500. The van der Waals surface area contributed by atoms with E-state index in [-0.39, 0.29) is 0 Å². The van der Waals surface area contributed by atoms with Gasteiger partial charge in [0.15, 0.2) is 0 Å². The van der Waals surface area contributed by atoms with Gasteiger partial charge in [-0.2, -0.15) is 0 Å². The minimum atomic E-state index is -0.873. The Morgan fingerprint density at radius 1 is 1.36 bits per heavy atom. The van der Waals surface area contributed by atoms with Gasteiger partial charge in [0.25, 0.3) is 0 Å². The summed E-state index contributed by atoms with van der Waals surface area (Å²) in [6.45, 7) is 3.72. The van der Waals surface area contributed by atoms with Gasteiger partial charge in [0.1, 0.15) is 6.10 Å². The quantitative estimate of drug-likeness (QED) is 0.809. The summed E-state index contributed by atoms with van der Waals surface area (Å²) in [6.07, 6.45) is -1.67. The minimum absolute atomic E-state index is 0.349. The fourth-order valence-corrected chi connectivity index (χ4v) is 1.66. The minimum Gasteiger partial charge on any atom is -0.389 e. The second-order valence-electron chi connectivity index (χ2n) is 3.29. The predicted octanol–water partition coefficient (Wildman–Crippen LogP) is 1.49. The van der Waals surface area contributed by atoms with E-state index in [0.717, 1.165) is 11.4 Å². The van der Waals surface area contributed by atoms with E-state index in [9.17, 15) is 10.2 Å². The monoisotopic (exact) mass is 259 g/mol. The number of pyridine rings is 1. The molecule has 2 N–H and O–H groups in total. The van der Waals surface area contributed by atoms with Crippen molar-refractivity contribution in [3.63, 3.8) is 0 Å². The molecule has 0 fully saturated rings. The molecule has 1 aromatic heterocycles. The molecule has 14 heavy (non-hydrogen) atoms. The first-order valence-electron chi connectivity index (χ1n) is 4.42. The molecule has 0 aromatic carbocycles. The van der Waals surface area contributed by atoms with Crippen LogP contribution in [0.4, 0.5) is 0 Å².